The number of nitrogens with zero attached hydrogens (tertiary/aromatic N) is 4. The smallest absolute Gasteiger partial charge is 0.407 e. The van der Waals surface area contributed by atoms with Gasteiger partial charge in [0.25, 0.3) is 0 Å². The van der Waals surface area contributed by atoms with E-state index >= 15 is 0 Å². The van der Waals surface area contributed by atoms with Crippen LogP contribution in [0, 0.1) is 12.3 Å². The Morgan fingerprint density at radius 3 is 2.68 bits per heavy atom. The first-order chi connectivity index (χ1) is 21.3. The number of piperidine rings is 1. The zero-order chi connectivity index (χ0) is 30.7. The summed E-state index contributed by atoms with van der Waals surface area (Å²) in [5.41, 5.74) is 3.08. The molecule has 0 bridgehead atoms. The second kappa shape index (κ2) is 12.5. The SMILES string of the molecule is Cc1ccc2c(NC(=O)CC3(C)CCCC3)cccc2c1Oc1ncccc1-c1ccnc(NC2CCCN(C(=O)O)C2)n1. The van der Waals surface area contributed by atoms with Crippen molar-refractivity contribution in [1.82, 2.24) is 19.9 Å². The van der Waals surface area contributed by atoms with Crippen LogP contribution in [-0.4, -0.2) is 56.1 Å². The Labute approximate surface area is 256 Å². The van der Waals surface area contributed by atoms with Crippen molar-refractivity contribution < 1.29 is 19.4 Å². The summed E-state index contributed by atoms with van der Waals surface area (Å²) in [6.07, 6.45) is 9.12. The molecule has 10 nitrogen and oxygen atoms in total. The second-order valence-electron chi connectivity index (χ2n) is 12.3. The van der Waals surface area contributed by atoms with Crippen molar-refractivity contribution in [3.63, 3.8) is 0 Å². The Balaban J connectivity index is 1.25. The molecule has 1 aliphatic carbocycles. The molecule has 4 aromatic rings. The van der Waals surface area contributed by atoms with Gasteiger partial charge < -0.3 is 25.4 Å². The number of aryl methyl sites for hydroxylation is 1. The van der Waals surface area contributed by atoms with Crippen molar-refractivity contribution in [2.75, 3.05) is 23.7 Å². The predicted molar refractivity (Wildman–Crippen MR) is 170 cm³/mol. The van der Waals surface area contributed by atoms with Crippen LogP contribution in [0.25, 0.3) is 22.0 Å². The third kappa shape index (κ3) is 6.44. The zero-order valence-electron chi connectivity index (χ0n) is 25.2. The maximum Gasteiger partial charge on any atom is 0.407 e. The highest BCUT2D eigenvalue weighted by Crippen LogP contribution is 2.42. The monoisotopic (exact) mass is 594 g/mol. The number of anilines is 2. The van der Waals surface area contributed by atoms with Crippen molar-refractivity contribution in [2.24, 2.45) is 5.41 Å². The Bertz CT molecular complexity index is 1690. The number of carbonyl (C=O) groups excluding carboxylic acids is 1. The van der Waals surface area contributed by atoms with Crippen molar-refractivity contribution in [3.05, 3.63) is 66.5 Å². The van der Waals surface area contributed by atoms with E-state index in [1.807, 2.05) is 49.4 Å². The fraction of sp³-hybridized carbons (Fsp3) is 0.382. The van der Waals surface area contributed by atoms with Crippen molar-refractivity contribution in [3.8, 4) is 22.9 Å². The fourth-order valence-corrected chi connectivity index (χ4v) is 6.46. The first-order valence-corrected chi connectivity index (χ1v) is 15.3. The van der Waals surface area contributed by atoms with Crippen LogP contribution in [0.5, 0.6) is 11.6 Å². The third-order valence-corrected chi connectivity index (χ3v) is 8.81. The van der Waals surface area contributed by atoms with Gasteiger partial charge in [0.15, 0.2) is 0 Å². The number of benzene rings is 2. The van der Waals surface area contributed by atoms with Gasteiger partial charge in [-0.3, -0.25) is 4.79 Å². The van der Waals surface area contributed by atoms with Gasteiger partial charge in [-0.25, -0.2) is 19.7 Å². The molecule has 2 aromatic heterocycles. The molecule has 6 rings (SSSR count). The van der Waals surface area contributed by atoms with E-state index in [2.05, 4.69) is 27.5 Å². The highest BCUT2D eigenvalue weighted by molar-refractivity contribution is 6.04. The van der Waals surface area contributed by atoms with E-state index in [1.165, 1.54) is 17.7 Å². The Morgan fingerprint density at radius 2 is 1.86 bits per heavy atom. The molecule has 1 saturated carbocycles. The minimum atomic E-state index is -0.917. The van der Waals surface area contributed by atoms with Crippen LogP contribution in [0.1, 0.15) is 57.4 Å². The van der Waals surface area contributed by atoms with Gasteiger partial charge in [0.1, 0.15) is 5.75 Å². The Hall–Kier alpha value is -4.73. The topological polar surface area (TPSA) is 130 Å². The highest BCUT2D eigenvalue weighted by Gasteiger charge is 2.31. The number of amides is 2. The molecule has 44 heavy (non-hydrogen) atoms. The largest absolute Gasteiger partial charge is 0.465 e. The number of hydrogen-bond acceptors (Lipinski definition) is 7. The van der Waals surface area contributed by atoms with Crippen LogP contribution in [0.15, 0.2) is 60.9 Å². The summed E-state index contributed by atoms with van der Waals surface area (Å²) in [7, 11) is 0. The number of fused-ring (bicyclic) bond motifs is 1. The highest BCUT2D eigenvalue weighted by atomic mass is 16.5. The number of carboxylic acid groups (broad SMARTS) is 1. The molecule has 2 fully saturated rings. The van der Waals surface area contributed by atoms with Gasteiger partial charge in [0.05, 0.1) is 11.3 Å². The van der Waals surface area contributed by atoms with Gasteiger partial charge in [-0.2, -0.15) is 0 Å². The molecule has 1 atom stereocenters. The first-order valence-electron chi connectivity index (χ1n) is 15.3. The number of likely N-dealkylation sites (tertiary alicyclic amines) is 1. The molecule has 3 heterocycles. The van der Waals surface area contributed by atoms with Crippen LogP contribution in [0.2, 0.25) is 0 Å². The first kappa shape index (κ1) is 29.3. The van der Waals surface area contributed by atoms with Crippen LogP contribution >= 0.6 is 0 Å². The van der Waals surface area contributed by atoms with Crippen molar-refractivity contribution >= 4 is 34.4 Å². The molecule has 10 heteroatoms. The molecule has 2 aliphatic rings. The summed E-state index contributed by atoms with van der Waals surface area (Å²) in [5.74, 6) is 1.51. The Kier molecular flexibility index (Phi) is 8.32. The number of rotatable bonds is 8. The molecule has 2 amide bonds. The lowest BCUT2D eigenvalue weighted by Crippen LogP contribution is -2.44. The summed E-state index contributed by atoms with van der Waals surface area (Å²) in [5, 5.41) is 17.6. The normalized spacial score (nSPS) is 17.8. The van der Waals surface area contributed by atoms with Gasteiger partial charge >= 0.3 is 6.09 Å². The number of ether oxygens (including phenoxy) is 1. The van der Waals surface area contributed by atoms with Gasteiger partial charge in [0.2, 0.25) is 17.7 Å². The van der Waals surface area contributed by atoms with Crippen LogP contribution < -0.4 is 15.4 Å². The molecule has 1 unspecified atom stereocenters. The lowest BCUT2D eigenvalue weighted by atomic mass is 9.85. The van der Waals surface area contributed by atoms with E-state index < -0.39 is 6.09 Å². The maximum atomic E-state index is 13.1. The molecule has 0 spiro atoms. The summed E-state index contributed by atoms with van der Waals surface area (Å²) in [6.45, 7) is 5.11. The Morgan fingerprint density at radius 1 is 1.02 bits per heavy atom. The zero-order valence-corrected chi connectivity index (χ0v) is 25.2. The van der Waals surface area contributed by atoms with E-state index in [-0.39, 0.29) is 17.4 Å². The lowest BCUT2D eigenvalue weighted by molar-refractivity contribution is -0.118. The van der Waals surface area contributed by atoms with Crippen molar-refractivity contribution in [1.29, 1.82) is 0 Å². The number of hydrogen-bond donors (Lipinski definition) is 3. The fourth-order valence-electron chi connectivity index (χ4n) is 6.46. The number of nitrogens with one attached hydrogen (secondary N) is 2. The van der Waals surface area contributed by atoms with Crippen LogP contribution in [0.4, 0.5) is 16.4 Å². The summed E-state index contributed by atoms with van der Waals surface area (Å²) in [4.78, 5) is 39.6. The minimum Gasteiger partial charge on any atom is -0.465 e. The molecule has 228 valence electrons. The molecule has 0 radical (unpaired) electrons. The third-order valence-electron chi connectivity index (χ3n) is 8.81. The molecule has 3 N–H and O–H groups in total. The number of carbonyl (C=O) groups is 2. The summed E-state index contributed by atoms with van der Waals surface area (Å²) < 4.78 is 6.55. The molecular weight excluding hydrogens is 556 g/mol. The molecule has 1 aliphatic heterocycles. The number of aromatic nitrogens is 3. The molecular formula is C34H38N6O4. The van der Waals surface area contributed by atoms with E-state index in [4.69, 9.17) is 9.72 Å². The molecule has 2 aromatic carbocycles. The van der Waals surface area contributed by atoms with E-state index in [9.17, 15) is 14.7 Å². The van der Waals surface area contributed by atoms with Gasteiger partial charge in [-0.1, -0.05) is 44.0 Å². The van der Waals surface area contributed by atoms with Crippen molar-refractivity contribution in [2.45, 2.75) is 64.8 Å². The minimum absolute atomic E-state index is 0.0361. The quantitative estimate of drug-likeness (QED) is 0.194. The standard InChI is InChI=1S/C34H38N6O4/c1-22-12-13-24-25(9-5-11-27(24)38-29(41)20-34(2)15-3-4-16-34)30(22)44-31-26(10-6-17-35-31)28-14-18-36-32(39-28)37-23-8-7-19-40(21-23)33(42)43/h5-6,9-14,17-18,23H,3-4,7-8,15-16,19-21H2,1-2H3,(H,38,41)(H,42,43)(H,36,37,39). The lowest BCUT2D eigenvalue weighted by Gasteiger charge is -2.31. The summed E-state index contributed by atoms with van der Waals surface area (Å²) >= 11 is 0. The number of pyridine rings is 1. The average Bonchev–Trinajstić information content (AvgIpc) is 3.44. The van der Waals surface area contributed by atoms with E-state index in [0.29, 0.717) is 48.3 Å². The van der Waals surface area contributed by atoms with E-state index in [1.54, 1.807) is 18.5 Å². The van der Waals surface area contributed by atoms with Crippen LogP contribution in [-0.2, 0) is 4.79 Å². The predicted octanol–water partition coefficient (Wildman–Crippen LogP) is 7.26. The van der Waals surface area contributed by atoms with Gasteiger partial charge in [0, 0.05) is 54.4 Å². The average molecular weight is 595 g/mol. The second-order valence-corrected chi connectivity index (χ2v) is 12.3. The summed E-state index contributed by atoms with van der Waals surface area (Å²) in [6, 6.07) is 15.3. The van der Waals surface area contributed by atoms with Crippen LogP contribution in [0.3, 0.4) is 0 Å². The maximum absolute atomic E-state index is 13.1. The van der Waals surface area contributed by atoms with Gasteiger partial charge in [-0.15, -0.1) is 0 Å². The van der Waals surface area contributed by atoms with E-state index in [0.717, 1.165) is 47.7 Å². The van der Waals surface area contributed by atoms with Gasteiger partial charge in [-0.05, 0) is 67.9 Å². The molecule has 1 saturated heterocycles.